The molecule has 0 radical (unpaired) electrons. The number of sulfonamides is 1. The van der Waals surface area contributed by atoms with Crippen LogP contribution in [-0.2, 0) is 14.8 Å². The number of hydrogen-bond acceptors (Lipinski definition) is 6. The Balaban J connectivity index is 1.33. The number of anilines is 1. The summed E-state index contributed by atoms with van der Waals surface area (Å²) in [5.74, 6) is 1.07. The first-order chi connectivity index (χ1) is 16.8. The summed E-state index contributed by atoms with van der Waals surface area (Å²) in [5.41, 5.74) is 1.11. The van der Waals surface area contributed by atoms with Gasteiger partial charge in [0.05, 0.1) is 13.7 Å². The number of halogens is 1. The molecule has 0 spiro atoms. The van der Waals surface area contributed by atoms with Crippen LogP contribution in [0.4, 0.5) is 5.69 Å². The molecule has 0 N–H and O–H groups in total. The highest BCUT2D eigenvalue weighted by atomic mass is 35.5. The number of benzene rings is 2. The maximum atomic E-state index is 13.3. The van der Waals surface area contributed by atoms with Crippen LogP contribution >= 0.6 is 11.6 Å². The van der Waals surface area contributed by atoms with E-state index >= 15 is 0 Å². The molecule has 4 rings (SSSR count). The number of piperidine rings is 1. The number of carbonyl (C=O) groups excluding carboxylic acids is 1. The van der Waals surface area contributed by atoms with Crippen molar-refractivity contribution < 1.29 is 22.7 Å². The molecule has 8 nitrogen and oxygen atoms in total. The Labute approximate surface area is 212 Å². The molecule has 2 aromatic rings. The van der Waals surface area contributed by atoms with Crippen LogP contribution in [0.25, 0.3) is 0 Å². The summed E-state index contributed by atoms with van der Waals surface area (Å²) < 4.78 is 38.8. The molecule has 0 bridgehead atoms. The Morgan fingerprint density at radius 2 is 1.66 bits per heavy atom. The lowest BCUT2D eigenvalue weighted by Crippen LogP contribution is -2.52. The van der Waals surface area contributed by atoms with Crippen LogP contribution in [0, 0.1) is 5.92 Å². The van der Waals surface area contributed by atoms with Gasteiger partial charge in [-0.3, -0.25) is 4.79 Å². The summed E-state index contributed by atoms with van der Waals surface area (Å²) in [5, 5.41) is 0.339. The van der Waals surface area contributed by atoms with Crippen LogP contribution in [0.3, 0.4) is 0 Å². The van der Waals surface area contributed by atoms with E-state index in [9.17, 15) is 13.2 Å². The predicted molar refractivity (Wildman–Crippen MR) is 136 cm³/mol. The Morgan fingerprint density at radius 3 is 2.26 bits per heavy atom. The van der Waals surface area contributed by atoms with Crippen molar-refractivity contribution in [2.24, 2.45) is 5.92 Å². The molecule has 10 heteroatoms. The molecule has 2 fully saturated rings. The highest BCUT2D eigenvalue weighted by molar-refractivity contribution is 7.89. The Kier molecular flexibility index (Phi) is 8.09. The van der Waals surface area contributed by atoms with Gasteiger partial charge in [0.2, 0.25) is 15.9 Å². The van der Waals surface area contributed by atoms with Crippen LogP contribution < -0.4 is 14.4 Å². The summed E-state index contributed by atoms with van der Waals surface area (Å²) in [4.78, 5) is 17.4. The number of piperazine rings is 1. The number of amides is 1. The van der Waals surface area contributed by atoms with Gasteiger partial charge in [0.25, 0.3) is 0 Å². The molecule has 190 valence electrons. The fourth-order valence-electron chi connectivity index (χ4n) is 4.68. The minimum atomic E-state index is -3.77. The molecule has 2 aromatic carbocycles. The van der Waals surface area contributed by atoms with Gasteiger partial charge in [-0.25, -0.2) is 8.42 Å². The van der Waals surface area contributed by atoms with Crippen molar-refractivity contribution in [2.45, 2.75) is 24.7 Å². The normalized spacial score (nSPS) is 17.9. The SMILES string of the molecule is CCOc1ccc(Cl)cc1S(=O)(=O)N1CCC(C(=O)N2CCN(c3ccc(OC)cc3)CC2)CC1. The van der Waals surface area contributed by atoms with Crippen molar-refractivity contribution >= 4 is 33.2 Å². The zero-order valence-corrected chi connectivity index (χ0v) is 21.7. The largest absolute Gasteiger partial charge is 0.497 e. The smallest absolute Gasteiger partial charge is 0.246 e. The van der Waals surface area contributed by atoms with Crippen molar-refractivity contribution in [2.75, 3.05) is 57.9 Å². The lowest BCUT2D eigenvalue weighted by Gasteiger charge is -2.39. The second kappa shape index (κ2) is 11.1. The van der Waals surface area contributed by atoms with E-state index in [2.05, 4.69) is 4.90 Å². The molecule has 0 unspecified atom stereocenters. The first-order valence-electron chi connectivity index (χ1n) is 11.9. The van der Waals surface area contributed by atoms with E-state index < -0.39 is 10.0 Å². The molecule has 1 amide bonds. The van der Waals surface area contributed by atoms with Crippen molar-refractivity contribution in [3.8, 4) is 11.5 Å². The molecule has 0 aromatic heterocycles. The molecule has 2 aliphatic rings. The topological polar surface area (TPSA) is 79.4 Å². The third-order valence-corrected chi connectivity index (χ3v) is 8.81. The molecule has 0 atom stereocenters. The third-order valence-electron chi connectivity index (χ3n) is 6.66. The zero-order valence-electron chi connectivity index (χ0n) is 20.2. The molecule has 2 aliphatic heterocycles. The van der Waals surface area contributed by atoms with Crippen LogP contribution in [0.2, 0.25) is 5.02 Å². The van der Waals surface area contributed by atoms with Crippen LogP contribution in [0.1, 0.15) is 19.8 Å². The van der Waals surface area contributed by atoms with E-state index in [0.29, 0.717) is 56.4 Å². The van der Waals surface area contributed by atoms with Gasteiger partial charge >= 0.3 is 0 Å². The van der Waals surface area contributed by atoms with Gasteiger partial charge in [0.1, 0.15) is 16.4 Å². The van der Waals surface area contributed by atoms with E-state index in [0.717, 1.165) is 24.5 Å². The van der Waals surface area contributed by atoms with Crippen molar-refractivity contribution in [1.29, 1.82) is 0 Å². The summed E-state index contributed by atoms with van der Waals surface area (Å²) in [6.07, 6.45) is 1.00. The highest BCUT2D eigenvalue weighted by Crippen LogP contribution is 2.32. The van der Waals surface area contributed by atoms with Crippen molar-refractivity contribution in [1.82, 2.24) is 9.21 Å². The average Bonchev–Trinajstić information content (AvgIpc) is 2.89. The van der Waals surface area contributed by atoms with Gasteiger partial charge in [-0.05, 0) is 62.2 Å². The summed E-state index contributed by atoms with van der Waals surface area (Å²) in [6.45, 7) is 5.59. The summed E-state index contributed by atoms with van der Waals surface area (Å²) in [6, 6.07) is 12.6. The second-order valence-electron chi connectivity index (χ2n) is 8.71. The Morgan fingerprint density at radius 1 is 1.00 bits per heavy atom. The minimum Gasteiger partial charge on any atom is -0.497 e. The van der Waals surface area contributed by atoms with Gasteiger partial charge in [-0.2, -0.15) is 4.31 Å². The fourth-order valence-corrected chi connectivity index (χ4v) is 6.54. The molecule has 35 heavy (non-hydrogen) atoms. The fraction of sp³-hybridized carbons (Fsp3) is 0.480. The lowest BCUT2D eigenvalue weighted by molar-refractivity contribution is -0.137. The van der Waals surface area contributed by atoms with E-state index in [4.69, 9.17) is 21.1 Å². The second-order valence-corrected chi connectivity index (χ2v) is 11.1. The number of ether oxygens (including phenoxy) is 2. The van der Waals surface area contributed by atoms with Gasteiger partial charge in [0, 0.05) is 55.9 Å². The van der Waals surface area contributed by atoms with Gasteiger partial charge in [-0.1, -0.05) is 11.6 Å². The molecule has 0 saturated carbocycles. The highest BCUT2D eigenvalue weighted by Gasteiger charge is 2.36. The standard InChI is InChI=1S/C25H32ClN3O5S/c1-3-34-23-9-4-20(26)18-24(23)35(31,32)29-12-10-19(11-13-29)25(30)28-16-14-27(15-17-28)21-5-7-22(33-2)8-6-21/h4-9,18-19H,3,10-17H2,1-2H3. The number of hydrogen-bond donors (Lipinski definition) is 0. The van der Waals surface area contributed by atoms with E-state index in [1.54, 1.807) is 26.2 Å². The first kappa shape index (κ1) is 25.6. The minimum absolute atomic E-state index is 0.0753. The van der Waals surface area contributed by atoms with Crippen LogP contribution in [0.15, 0.2) is 47.4 Å². The van der Waals surface area contributed by atoms with Gasteiger partial charge < -0.3 is 19.3 Å². The third kappa shape index (κ3) is 5.68. The molecule has 0 aliphatic carbocycles. The van der Waals surface area contributed by atoms with E-state index in [-0.39, 0.29) is 16.7 Å². The number of carbonyl (C=O) groups is 1. The maximum absolute atomic E-state index is 13.3. The lowest BCUT2D eigenvalue weighted by atomic mass is 9.96. The van der Waals surface area contributed by atoms with Gasteiger partial charge in [-0.15, -0.1) is 0 Å². The van der Waals surface area contributed by atoms with Crippen LogP contribution in [0.5, 0.6) is 11.5 Å². The average molecular weight is 522 g/mol. The molecule has 2 saturated heterocycles. The number of methoxy groups -OCH3 is 1. The van der Waals surface area contributed by atoms with Crippen molar-refractivity contribution in [3.63, 3.8) is 0 Å². The quantitative estimate of drug-likeness (QED) is 0.555. The van der Waals surface area contributed by atoms with Gasteiger partial charge in [0.15, 0.2) is 0 Å². The molecular weight excluding hydrogens is 490 g/mol. The Hall–Kier alpha value is -2.49. The van der Waals surface area contributed by atoms with E-state index in [1.807, 2.05) is 29.2 Å². The molecular formula is C25H32ClN3O5S. The zero-order chi connectivity index (χ0) is 25.0. The summed E-state index contributed by atoms with van der Waals surface area (Å²) >= 11 is 6.08. The predicted octanol–water partition coefficient (Wildman–Crippen LogP) is 3.50. The van der Waals surface area contributed by atoms with E-state index in [1.165, 1.54) is 10.4 Å². The monoisotopic (exact) mass is 521 g/mol. The first-order valence-corrected chi connectivity index (χ1v) is 13.8. The maximum Gasteiger partial charge on any atom is 0.246 e. The number of rotatable bonds is 7. The van der Waals surface area contributed by atoms with Crippen LogP contribution in [-0.4, -0.2) is 76.5 Å². The van der Waals surface area contributed by atoms with Crippen molar-refractivity contribution in [3.05, 3.63) is 47.5 Å². The summed E-state index contributed by atoms with van der Waals surface area (Å²) in [7, 11) is -2.12. The number of nitrogens with zero attached hydrogens (tertiary/aromatic N) is 3. The Bertz CT molecular complexity index is 1130. The molecule has 2 heterocycles.